The van der Waals surface area contributed by atoms with E-state index in [4.69, 9.17) is 4.74 Å². The fraction of sp³-hybridized carbons (Fsp3) is 0.900. The smallest absolute Gasteiger partial charge is 0.226 e. The third-order valence-electron chi connectivity index (χ3n) is 2.66. The number of hydrogen-bond donors (Lipinski definition) is 0. The van der Waals surface area contributed by atoms with E-state index in [-0.39, 0.29) is 5.92 Å². The summed E-state index contributed by atoms with van der Waals surface area (Å²) in [5.74, 6) is 1.17. The van der Waals surface area contributed by atoms with Crippen molar-refractivity contribution in [2.24, 2.45) is 11.8 Å². The summed E-state index contributed by atoms with van der Waals surface area (Å²) in [7, 11) is 1.66. The summed E-state index contributed by atoms with van der Waals surface area (Å²) < 4.78 is 4.99. The number of nitrogens with zero attached hydrogens (tertiary/aromatic N) is 1. The van der Waals surface area contributed by atoms with Crippen LogP contribution in [0.3, 0.4) is 0 Å². The normalized spacial score (nSPS) is 24.8. The Labute approximate surface area is 93.9 Å². The zero-order valence-corrected chi connectivity index (χ0v) is 10.4. The Bertz CT molecular complexity index is 199. The van der Waals surface area contributed by atoms with Crippen molar-refractivity contribution in [1.82, 2.24) is 4.90 Å². The minimum atomic E-state index is 0.283. The van der Waals surface area contributed by atoms with Gasteiger partial charge in [-0.05, 0) is 12.3 Å². The van der Waals surface area contributed by atoms with Crippen LogP contribution in [0.25, 0.3) is 0 Å². The van der Waals surface area contributed by atoms with Gasteiger partial charge in [0.15, 0.2) is 0 Å². The highest BCUT2D eigenvalue weighted by Crippen LogP contribution is 2.39. The molecule has 0 aromatic heterocycles. The van der Waals surface area contributed by atoms with Crippen molar-refractivity contribution >= 4 is 21.8 Å². The third kappa shape index (κ3) is 3.24. The number of carbonyl (C=O) groups excluding carboxylic acids is 1. The number of amides is 1. The molecule has 0 radical (unpaired) electrons. The number of carbonyl (C=O) groups is 1. The van der Waals surface area contributed by atoms with E-state index >= 15 is 0 Å². The Kier molecular flexibility index (Phi) is 4.89. The highest BCUT2D eigenvalue weighted by atomic mass is 79.9. The van der Waals surface area contributed by atoms with Gasteiger partial charge in [-0.1, -0.05) is 22.9 Å². The lowest BCUT2D eigenvalue weighted by atomic mass is 10.3. The molecule has 4 heteroatoms. The van der Waals surface area contributed by atoms with Gasteiger partial charge < -0.3 is 9.64 Å². The van der Waals surface area contributed by atoms with Gasteiger partial charge in [-0.15, -0.1) is 0 Å². The molecule has 2 unspecified atom stereocenters. The summed E-state index contributed by atoms with van der Waals surface area (Å²) in [6, 6.07) is 0. The van der Waals surface area contributed by atoms with Crippen LogP contribution in [0.4, 0.5) is 0 Å². The summed E-state index contributed by atoms with van der Waals surface area (Å²) >= 11 is 3.36. The van der Waals surface area contributed by atoms with E-state index in [1.807, 2.05) is 4.90 Å². The fourth-order valence-corrected chi connectivity index (χ4v) is 1.96. The number of halogens is 1. The molecule has 0 saturated heterocycles. The molecular weight excluding hydrogens is 246 g/mol. The topological polar surface area (TPSA) is 29.5 Å². The van der Waals surface area contributed by atoms with E-state index in [0.717, 1.165) is 18.3 Å². The first kappa shape index (κ1) is 12.0. The van der Waals surface area contributed by atoms with Crippen LogP contribution in [0.1, 0.15) is 13.3 Å². The van der Waals surface area contributed by atoms with Crippen LogP contribution in [0.15, 0.2) is 0 Å². The van der Waals surface area contributed by atoms with E-state index in [0.29, 0.717) is 25.0 Å². The molecule has 1 rings (SSSR count). The van der Waals surface area contributed by atoms with Crippen molar-refractivity contribution in [2.45, 2.75) is 13.3 Å². The van der Waals surface area contributed by atoms with Crippen LogP contribution in [-0.4, -0.2) is 42.9 Å². The van der Waals surface area contributed by atoms with Crippen LogP contribution in [0.5, 0.6) is 0 Å². The summed E-state index contributed by atoms with van der Waals surface area (Å²) in [5, 5.41) is 0.837. The highest BCUT2D eigenvalue weighted by Gasteiger charge is 2.41. The van der Waals surface area contributed by atoms with Gasteiger partial charge in [-0.25, -0.2) is 0 Å². The van der Waals surface area contributed by atoms with Gasteiger partial charge in [0.1, 0.15) is 0 Å². The number of hydrogen-bond acceptors (Lipinski definition) is 2. The minimum absolute atomic E-state index is 0.283. The highest BCUT2D eigenvalue weighted by molar-refractivity contribution is 9.09. The standard InChI is InChI=1S/C10H18BrNO2/c1-8-7-9(8)10(13)12(4-3-11)5-6-14-2/h8-9H,3-7H2,1-2H3. The Balaban J connectivity index is 2.36. The molecule has 1 saturated carbocycles. The molecule has 0 aliphatic heterocycles. The van der Waals surface area contributed by atoms with E-state index in [9.17, 15) is 4.79 Å². The number of rotatable bonds is 6. The van der Waals surface area contributed by atoms with Crippen LogP contribution < -0.4 is 0 Å². The van der Waals surface area contributed by atoms with E-state index in [1.165, 1.54) is 0 Å². The van der Waals surface area contributed by atoms with Gasteiger partial charge in [0.05, 0.1) is 6.61 Å². The molecule has 1 amide bonds. The van der Waals surface area contributed by atoms with Crippen molar-refractivity contribution in [2.75, 3.05) is 32.1 Å². The Morgan fingerprint density at radius 2 is 2.21 bits per heavy atom. The number of ether oxygens (including phenoxy) is 1. The van der Waals surface area contributed by atoms with Crippen molar-refractivity contribution in [3.63, 3.8) is 0 Å². The molecule has 1 aliphatic carbocycles. The maximum Gasteiger partial charge on any atom is 0.226 e. The minimum Gasteiger partial charge on any atom is -0.383 e. The lowest BCUT2D eigenvalue weighted by Crippen LogP contribution is -2.36. The van der Waals surface area contributed by atoms with Crippen LogP contribution in [0.2, 0.25) is 0 Å². The molecule has 0 N–H and O–H groups in total. The molecule has 0 spiro atoms. The maximum atomic E-state index is 11.9. The largest absolute Gasteiger partial charge is 0.383 e. The molecule has 0 heterocycles. The van der Waals surface area contributed by atoms with Gasteiger partial charge in [-0.3, -0.25) is 4.79 Å². The zero-order chi connectivity index (χ0) is 10.6. The maximum absolute atomic E-state index is 11.9. The van der Waals surface area contributed by atoms with Crippen LogP contribution in [-0.2, 0) is 9.53 Å². The van der Waals surface area contributed by atoms with Crippen LogP contribution in [0, 0.1) is 11.8 Å². The zero-order valence-electron chi connectivity index (χ0n) is 8.83. The average molecular weight is 264 g/mol. The van der Waals surface area contributed by atoms with Gasteiger partial charge in [0.25, 0.3) is 0 Å². The summed E-state index contributed by atoms with van der Waals surface area (Å²) in [4.78, 5) is 13.8. The Hall–Kier alpha value is -0.0900. The van der Waals surface area contributed by atoms with E-state index in [1.54, 1.807) is 7.11 Å². The van der Waals surface area contributed by atoms with Crippen molar-refractivity contribution in [1.29, 1.82) is 0 Å². The van der Waals surface area contributed by atoms with E-state index in [2.05, 4.69) is 22.9 Å². The summed E-state index contributed by atoms with van der Waals surface area (Å²) in [6.07, 6.45) is 1.06. The molecule has 1 fully saturated rings. The predicted molar refractivity (Wildman–Crippen MR) is 59.5 cm³/mol. The monoisotopic (exact) mass is 263 g/mol. The second-order valence-corrected chi connectivity index (χ2v) is 4.62. The quantitative estimate of drug-likeness (QED) is 0.681. The van der Waals surface area contributed by atoms with Gasteiger partial charge in [-0.2, -0.15) is 0 Å². The first-order chi connectivity index (χ1) is 6.70. The van der Waals surface area contributed by atoms with Crippen molar-refractivity contribution in [3.05, 3.63) is 0 Å². The second kappa shape index (κ2) is 5.71. The van der Waals surface area contributed by atoms with Gasteiger partial charge in [0.2, 0.25) is 5.91 Å². The second-order valence-electron chi connectivity index (χ2n) is 3.83. The molecule has 82 valence electrons. The van der Waals surface area contributed by atoms with Gasteiger partial charge in [0, 0.05) is 31.4 Å². The third-order valence-corrected chi connectivity index (χ3v) is 3.01. The molecule has 0 aromatic carbocycles. The first-order valence-electron chi connectivity index (χ1n) is 5.04. The first-order valence-corrected chi connectivity index (χ1v) is 6.16. The Morgan fingerprint density at radius 3 is 2.64 bits per heavy atom. The SMILES string of the molecule is COCCN(CCBr)C(=O)C1CC1C. The molecular formula is C10H18BrNO2. The van der Waals surface area contributed by atoms with Crippen LogP contribution >= 0.6 is 15.9 Å². The van der Waals surface area contributed by atoms with Gasteiger partial charge >= 0.3 is 0 Å². The fourth-order valence-electron chi connectivity index (χ4n) is 1.54. The lowest BCUT2D eigenvalue weighted by Gasteiger charge is -2.21. The predicted octanol–water partition coefficient (Wildman–Crippen LogP) is 1.51. The number of methoxy groups -OCH3 is 1. The summed E-state index contributed by atoms with van der Waals surface area (Å²) in [6.45, 7) is 4.25. The Morgan fingerprint density at radius 1 is 1.57 bits per heavy atom. The number of alkyl halides is 1. The lowest BCUT2D eigenvalue weighted by molar-refractivity contribution is -0.133. The van der Waals surface area contributed by atoms with Crippen molar-refractivity contribution < 1.29 is 9.53 Å². The van der Waals surface area contributed by atoms with E-state index < -0.39 is 0 Å². The summed E-state index contributed by atoms with van der Waals surface area (Å²) in [5.41, 5.74) is 0. The molecule has 1 aliphatic rings. The molecule has 0 bridgehead atoms. The molecule has 2 atom stereocenters. The van der Waals surface area contributed by atoms with Crippen molar-refractivity contribution in [3.8, 4) is 0 Å². The average Bonchev–Trinajstić information content (AvgIpc) is 2.89. The molecule has 0 aromatic rings. The molecule has 3 nitrogen and oxygen atoms in total. The molecule has 14 heavy (non-hydrogen) atoms.